The average Bonchev–Trinajstić information content (AvgIpc) is 2.68. The summed E-state index contributed by atoms with van der Waals surface area (Å²) in [7, 11) is 2.92. The van der Waals surface area contributed by atoms with Crippen LogP contribution in [0, 0.1) is 11.6 Å². The number of carbonyl (C=O) groups is 1. The number of fused-ring (bicyclic) bond motifs is 1. The van der Waals surface area contributed by atoms with Crippen LogP contribution in [0.4, 0.5) is 8.78 Å². The molecule has 1 aliphatic rings. The molecule has 2 aromatic carbocycles. The Balaban J connectivity index is 1.85. The summed E-state index contributed by atoms with van der Waals surface area (Å²) in [5.41, 5.74) is 1.92. The maximum atomic E-state index is 14.0. The van der Waals surface area contributed by atoms with Gasteiger partial charge in [0.05, 0.1) is 30.7 Å². The van der Waals surface area contributed by atoms with E-state index in [1.807, 2.05) is 0 Å². The number of carbonyl (C=O) groups excluding carboxylic acids is 1. The zero-order chi connectivity index (χ0) is 21.4. The highest BCUT2D eigenvalue weighted by molar-refractivity contribution is 6.00. The number of hydrogen-bond acceptors (Lipinski definition) is 5. The fraction of sp³-hybridized carbons (Fsp3) is 0.286. The summed E-state index contributed by atoms with van der Waals surface area (Å²) in [6.45, 7) is 0. The molecular formula is C21H19F2N3O4. The molecule has 9 heteroatoms. The lowest BCUT2D eigenvalue weighted by Gasteiger charge is -2.27. The Bertz CT molecular complexity index is 1210. The highest BCUT2D eigenvalue weighted by atomic mass is 19.1. The topological polar surface area (TPSA) is 82.5 Å². The zero-order valence-corrected chi connectivity index (χ0v) is 16.4. The van der Waals surface area contributed by atoms with Crippen molar-refractivity contribution in [2.75, 3.05) is 19.6 Å². The van der Waals surface area contributed by atoms with Gasteiger partial charge in [-0.1, -0.05) is 6.42 Å². The van der Waals surface area contributed by atoms with E-state index in [0.29, 0.717) is 28.9 Å². The van der Waals surface area contributed by atoms with Gasteiger partial charge in [0, 0.05) is 18.1 Å². The van der Waals surface area contributed by atoms with E-state index < -0.39 is 23.1 Å². The fourth-order valence-electron chi connectivity index (χ4n) is 3.41. The summed E-state index contributed by atoms with van der Waals surface area (Å²) >= 11 is 0. The predicted octanol–water partition coefficient (Wildman–Crippen LogP) is 3.34. The molecule has 30 heavy (non-hydrogen) atoms. The first-order valence-corrected chi connectivity index (χ1v) is 9.38. The molecule has 1 fully saturated rings. The molecule has 156 valence electrons. The van der Waals surface area contributed by atoms with Crippen LogP contribution in [-0.2, 0) is 0 Å². The van der Waals surface area contributed by atoms with Crippen LogP contribution in [0.2, 0.25) is 0 Å². The van der Waals surface area contributed by atoms with E-state index in [0.717, 1.165) is 36.1 Å². The van der Waals surface area contributed by atoms with E-state index in [-0.39, 0.29) is 16.9 Å². The number of rotatable bonds is 5. The van der Waals surface area contributed by atoms with Crippen molar-refractivity contribution in [3.8, 4) is 11.5 Å². The molecule has 1 aliphatic carbocycles. The molecule has 0 atom stereocenters. The lowest BCUT2D eigenvalue weighted by atomic mass is 9.84. The van der Waals surface area contributed by atoms with Gasteiger partial charge in [0.25, 0.3) is 11.5 Å². The monoisotopic (exact) mass is 415 g/mol. The lowest BCUT2D eigenvalue weighted by molar-refractivity contribution is 0.100. The number of ether oxygens (including phenoxy) is 2. The molecule has 0 unspecified atom stereocenters. The van der Waals surface area contributed by atoms with Gasteiger partial charge in [-0.05, 0) is 31.0 Å². The van der Waals surface area contributed by atoms with Gasteiger partial charge in [-0.2, -0.15) is 0 Å². The molecule has 1 heterocycles. The van der Waals surface area contributed by atoms with Gasteiger partial charge in [0.15, 0.2) is 11.5 Å². The molecule has 0 spiro atoms. The molecule has 0 aliphatic heterocycles. The standard InChI is InChI=1S/C21H19F2N3O4/c1-29-17-9-14-16(10-18(17)30-2)24-19(11-4-3-5-11)26(21(14)28)25-20(27)13-7-6-12(22)8-15(13)23/h6-11H,3-5H2,1-2H3,(H,25,27). The van der Waals surface area contributed by atoms with Crippen LogP contribution in [0.25, 0.3) is 10.9 Å². The van der Waals surface area contributed by atoms with Crippen LogP contribution < -0.4 is 20.5 Å². The summed E-state index contributed by atoms with van der Waals surface area (Å²) in [5, 5.41) is 0.204. The number of hydrogen-bond donors (Lipinski definition) is 1. The maximum absolute atomic E-state index is 14.0. The maximum Gasteiger partial charge on any atom is 0.280 e. The Morgan fingerprint density at radius 1 is 1.13 bits per heavy atom. The highest BCUT2D eigenvalue weighted by Crippen LogP contribution is 2.36. The third-order valence-corrected chi connectivity index (χ3v) is 5.26. The first-order chi connectivity index (χ1) is 14.4. The van der Waals surface area contributed by atoms with Crippen molar-refractivity contribution < 1.29 is 23.0 Å². The van der Waals surface area contributed by atoms with Gasteiger partial charge in [-0.3, -0.25) is 15.0 Å². The number of methoxy groups -OCH3 is 2. The van der Waals surface area contributed by atoms with Crippen LogP contribution in [0.15, 0.2) is 35.1 Å². The molecule has 4 rings (SSSR count). The second-order valence-corrected chi connectivity index (χ2v) is 7.03. The largest absolute Gasteiger partial charge is 0.493 e. The molecule has 1 aromatic heterocycles. The van der Waals surface area contributed by atoms with E-state index in [9.17, 15) is 18.4 Å². The molecule has 0 radical (unpaired) electrons. The van der Waals surface area contributed by atoms with Gasteiger partial charge in [0.1, 0.15) is 17.5 Å². The minimum atomic E-state index is -1.02. The fourth-order valence-corrected chi connectivity index (χ4v) is 3.41. The third-order valence-electron chi connectivity index (χ3n) is 5.26. The number of nitrogens with one attached hydrogen (secondary N) is 1. The van der Waals surface area contributed by atoms with Gasteiger partial charge >= 0.3 is 0 Å². The van der Waals surface area contributed by atoms with Crippen molar-refractivity contribution in [2.24, 2.45) is 0 Å². The van der Waals surface area contributed by atoms with Gasteiger partial charge < -0.3 is 9.47 Å². The van der Waals surface area contributed by atoms with Crippen molar-refractivity contribution in [1.29, 1.82) is 0 Å². The Labute approximate surface area is 170 Å². The Morgan fingerprint density at radius 3 is 2.43 bits per heavy atom. The number of amides is 1. The van der Waals surface area contributed by atoms with Crippen LogP contribution in [0.5, 0.6) is 11.5 Å². The molecule has 0 bridgehead atoms. The number of benzene rings is 2. The normalized spacial score (nSPS) is 13.7. The summed E-state index contributed by atoms with van der Waals surface area (Å²) < 4.78 is 38.8. The number of nitrogens with zero attached hydrogens (tertiary/aromatic N) is 2. The second kappa shape index (κ2) is 7.74. The van der Waals surface area contributed by atoms with Gasteiger partial charge in [-0.25, -0.2) is 18.4 Å². The van der Waals surface area contributed by atoms with Crippen molar-refractivity contribution in [3.05, 3.63) is 63.7 Å². The van der Waals surface area contributed by atoms with E-state index in [1.54, 1.807) is 6.07 Å². The molecule has 1 amide bonds. The predicted molar refractivity (Wildman–Crippen MR) is 106 cm³/mol. The minimum Gasteiger partial charge on any atom is -0.493 e. The van der Waals surface area contributed by atoms with Gasteiger partial charge in [-0.15, -0.1) is 0 Å². The third kappa shape index (κ3) is 3.36. The molecule has 3 aromatic rings. The summed E-state index contributed by atoms with van der Waals surface area (Å²) in [6.07, 6.45) is 2.60. The molecule has 7 nitrogen and oxygen atoms in total. The molecule has 0 saturated heterocycles. The van der Waals surface area contributed by atoms with Crippen molar-refractivity contribution >= 4 is 16.8 Å². The lowest BCUT2D eigenvalue weighted by Crippen LogP contribution is -2.38. The van der Waals surface area contributed by atoms with Crippen molar-refractivity contribution in [3.63, 3.8) is 0 Å². The van der Waals surface area contributed by atoms with E-state index in [4.69, 9.17) is 9.47 Å². The Kier molecular flexibility index (Phi) is 5.11. The zero-order valence-electron chi connectivity index (χ0n) is 16.4. The summed E-state index contributed by atoms with van der Waals surface area (Å²) in [4.78, 5) is 30.4. The van der Waals surface area contributed by atoms with Gasteiger partial charge in [0.2, 0.25) is 0 Å². The first kappa shape index (κ1) is 19.8. The van der Waals surface area contributed by atoms with Crippen molar-refractivity contribution in [2.45, 2.75) is 25.2 Å². The van der Waals surface area contributed by atoms with Crippen LogP contribution in [-0.4, -0.2) is 29.8 Å². The van der Waals surface area contributed by atoms with E-state index in [2.05, 4.69) is 10.4 Å². The summed E-state index contributed by atoms with van der Waals surface area (Å²) in [5.74, 6) is -1.59. The minimum absolute atomic E-state index is 0.0199. The highest BCUT2D eigenvalue weighted by Gasteiger charge is 2.27. The SMILES string of the molecule is COc1cc2nc(C3CCC3)n(NC(=O)c3ccc(F)cc3F)c(=O)c2cc1OC. The smallest absolute Gasteiger partial charge is 0.280 e. The quantitative estimate of drug-likeness (QED) is 0.691. The Morgan fingerprint density at radius 2 is 1.83 bits per heavy atom. The summed E-state index contributed by atoms with van der Waals surface area (Å²) in [6, 6.07) is 5.69. The second-order valence-electron chi connectivity index (χ2n) is 7.03. The van der Waals surface area contributed by atoms with E-state index >= 15 is 0 Å². The number of aromatic nitrogens is 2. The number of halogens is 2. The van der Waals surface area contributed by atoms with Crippen LogP contribution in [0.3, 0.4) is 0 Å². The molecular weight excluding hydrogens is 396 g/mol. The van der Waals surface area contributed by atoms with Crippen LogP contribution >= 0.6 is 0 Å². The molecule has 1 N–H and O–H groups in total. The first-order valence-electron chi connectivity index (χ1n) is 9.38. The van der Waals surface area contributed by atoms with Crippen molar-refractivity contribution in [1.82, 2.24) is 9.66 Å². The van der Waals surface area contributed by atoms with E-state index in [1.165, 1.54) is 20.3 Å². The Hall–Kier alpha value is -3.49. The molecule has 1 saturated carbocycles. The average molecular weight is 415 g/mol. The van der Waals surface area contributed by atoms with Crippen LogP contribution in [0.1, 0.15) is 41.4 Å².